The van der Waals surface area contributed by atoms with Crippen molar-refractivity contribution >= 4 is 22.8 Å². The van der Waals surface area contributed by atoms with Gasteiger partial charge in [0, 0.05) is 23.6 Å². The average molecular weight is 395 g/mol. The fraction of sp³-hybridized carbons (Fsp3) is 0.238. The lowest BCUT2D eigenvalue weighted by Gasteiger charge is -2.33. The second kappa shape index (κ2) is 7.14. The van der Waals surface area contributed by atoms with Gasteiger partial charge in [-0.25, -0.2) is 0 Å². The molecule has 150 valence electrons. The molecule has 2 aromatic carbocycles. The number of aliphatic carboxylic acids is 1. The number of H-pyrrole nitrogens is 1. The van der Waals surface area contributed by atoms with Crippen LogP contribution in [0.4, 0.5) is 0 Å². The smallest absolute Gasteiger partial charge is 0.323 e. The van der Waals surface area contributed by atoms with Crippen molar-refractivity contribution < 1.29 is 24.9 Å². The van der Waals surface area contributed by atoms with Crippen molar-refractivity contribution in [2.24, 2.45) is 0 Å². The number of likely N-dealkylation sites (N-methyl/N-ethyl adjacent to an activating group) is 1. The lowest BCUT2D eigenvalue weighted by Crippen LogP contribution is -2.51. The Morgan fingerprint density at radius 2 is 1.90 bits per heavy atom. The molecule has 8 nitrogen and oxygen atoms in total. The van der Waals surface area contributed by atoms with Crippen LogP contribution in [0.25, 0.3) is 10.9 Å². The Balaban J connectivity index is 1.79. The Hall–Kier alpha value is -3.52. The molecule has 0 saturated heterocycles. The maximum Gasteiger partial charge on any atom is 0.323 e. The first-order chi connectivity index (χ1) is 13.8. The molecule has 8 heteroatoms. The van der Waals surface area contributed by atoms with E-state index in [1.807, 2.05) is 24.3 Å². The summed E-state index contributed by atoms with van der Waals surface area (Å²) in [5.74, 6) is -1.88. The van der Waals surface area contributed by atoms with E-state index in [0.717, 1.165) is 22.2 Å². The fourth-order valence-corrected chi connectivity index (χ4v) is 3.92. The Morgan fingerprint density at radius 1 is 1.14 bits per heavy atom. The molecule has 1 aliphatic rings. The summed E-state index contributed by atoms with van der Waals surface area (Å²) < 4.78 is 0. The summed E-state index contributed by atoms with van der Waals surface area (Å²) in [6.45, 7) is -0.386. The van der Waals surface area contributed by atoms with E-state index in [1.54, 1.807) is 6.07 Å². The van der Waals surface area contributed by atoms with Crippen LogP contribution in [0, 0.1) is 0 Å². The Kier molecular flexibility index (Phi) is 4.63. The van der Waals surface area contributed by atoms with Crippen molar-refractivity contribution in [3.63, 3.8) is 0 Å². The van der Waals surface area contributed by atoms with Gasteiger partial charge in [0.2, 0.25) is 5.91 Å². The number of carboxylic acids is 1. The maximum atomic E-state index is 12.9. The summed E-state index contributed by atoms with van der Waals surface area (Å²) in [6.07, 6.45) is 0.405. The molecule has 2 atom stereocenters. The number of phenols is 2. The molecule has 0 radical (unpaired) electrons. The highest BCUT2D eigenvalue weighted by Crippen LogP contribution is 2.37. The third-order valence-electron chi connectivity index (χ3n) is 5.29. The van der Waals surface area contributed by atoms with E-state index in [4.69, 9.17) is 5.11 Å². The van der Waals surface area contributed by atoms with E-state index in [-0.39, 0.29) is 24.0 Å². The standard InChI is InChI=1S/C21H21N3O5/c1-24(10-18(27)28)21(29)15-9-13-12-4-2-3-5-14(12)22-20(13)19(23-15)11-6-7-16(25)17(26)8-11/h2-8,15,19,22-23,25-26H,9-10H2,1H3,(H,27,28)/t15-,19-/m1/s1. The van der Waals surface area contributed by atoms with E-state index < -0.39 is 18.1 Å². The molecule has 3 aromatic rings. The molecule has 0 unspecified atom stereocenters. The summed E-state index contributed by atoms with van der Waals surface area (Å²) in [6, 6.07) is 11.2. The SMILES string of the molecule is CN(CC(=O)O)C(=O)[C@H]1Cc2c([nH]c3ccccc23)[C@@H](c2ccc(O)c(O)c2)N1. The Labute approximate surface area is 166 Å². The third kappa shape index (κ3) is 3.38. The van der Waals surface area contributed by atoms with Gasteiger partial charge in [-0.3, -0.25) is 14.9 Å². The molecule has 1 amide bonds. The number of hydrogen-bond acceptors (Lipinski definition) is 5. The molecule has 0 aliphatic carbocycles. The summed E-state index contributed by atoms with van der Waals surface area (Å²) in [4.78, 5) is 28.5. The number of aromatic nitrogens is 1. The van der Waals surface area contributed by atoms with Crippen LogP contribution in [0.15, 0.2) is 42.5 Å². The van der Waals surface area contributed by atoms with Crippen molar-refractivity contribution in [2.75, 3.05) is 13.6 Å². The zero-order valence-corrected chi connectivity index (χ0v) is 15.7. The number of para-hydroxylation sites is 1. The van der Waals surface area contributed by atoms with E-state index in [2.05, 4.69) is 10.3 Å². The van der Waals surface area contributed by atoms with Crippen LogP contribution in [0.2, 0.25) is 0 Å². The first kappa shape index (κ1) is 18.8. The molecular formula is C21H21N3O5. The number of phenolic OH excluding ortho intramolecular Hbond substituents is 2. The molecule has 1 aromatic heterocycles. The average Bonchev–Trinajstić information content (AvgIpc) is 3.07. The molecule has 1 aliphatic heterocycles. The number of amides is 1. The second-order valence-corrected chi connectivity index (χ2v) is 7.26. The van der Waals surface area contributed by atoms with Crippen molar-refractivity contribution in [3.05, 3.63) is 59.3 Å². The number of fused-ring (bicyclic) bond motifs is 3. The number of benzene rings is 2. The summed E-state index contributed by atoms with van der Waals surface area (Å²) in [5, 5.41) is 32.9. The lowest BCUT2D eigenvalue weighted by atomic mass is 9.89. The highest BCUT2D eigenvalue weighted by molar-refractivity contribution is 5.89. The van der Waals surface area contributed by atoms with Gasteiger partial charge in [0.1, 0.15) is 6.54 Å². The summed E-state index contributed by atoms with van der Waals surface area (Å²) in [5.41, 5.74) is 3.45. The van der Waals surface area contributed by atoms with Crippen LogP contribution in [-0.2, 0) is 16.0 Å². The number of carbonyl (C=O) groups excluding carboxylic acids is 1. The molecule has 5 N–H and O–H groups in total. The van der Waals surface area contributed by atoms with Gasteiger partial charge in [0.05, 0.1) is 12.1 Å². The van der Waals surface area contributed by atoms with Crippen molar-refractivity contribution in [1.82, 2.24) is 15.2 Å². The number of aromatic hydroxyl groups is 2. The number of rotatable bonds is 4. The number of carbonyl (C=O) groups is 2. The first-order valence-electron chi connectivity index (χ1n) is 9.19. The quantitative estimate of drug-likeness (QED) is 0.428. The highest BCUT2D eigenvalue weighted by atomic mass is 16.4. The Bertz CT molecular complexity index is 1110. The van der Waals surface area contributed by atoms with Gasteiger partial charge >= 0.3 is 5.97 Å². The molecular weight excluding hydrogens is 374 g/mol. The third-order valence-corrected chi connectivity index (χ3v) is 5.29. The van der Waals surface area contributed by atoms with Crippen molar-refractivity contribution in [1.29, 1.82) is 0 Å². The minimum Gasteiger partial charge on any atom is -0.504 e. The van der Waals surface area contributed by atoms with Gasteiger partial charge in [-0.15, -0.1) is 0 Å². The zero-order valence-electron chi connectivity index (χ0n) is 15.7. The topological polar surface area (TPSA) is 126 Å². The van der Waals surface area contributed by atoms with Gasteiger partial charge in [0.25, 0.3) is 0 Å². The van der Waals surface area contributed by atoms with Crippen LogP contribution < -0.4 is 5.32 Å². The number of hydrogen-bond donors (Lipinski definition) is 5. The number of nitrogens with zero attached hydrogens (tertiary/aromatic N) is 1. The largest absolute Gasteiger partial charge is 0.504 e. The van der Waals surface area contributed by atoms with Gasteiger partial charge in [-0.2, -0.15) is 0 Å². The van der Waals surface area contributed by atoms with Crippen LogP contribution in [-0.4, -0.2) is 56.7 Å². The molecule has 0 spiro atoms. The van der Waals surface area contributed by atoms with E-state index in [9.17, 15) is 19.8 Å². The lowest BCUT2D eigenvalue weighted by molar-refractivity contribution is -0.144. The van der Waals surface area contributed by atoms with Crippen LogP contribution in [0.1, 0.15) is 22.9 Å². The molecule has 0 saturated carbocycles. The highest BCUT2D eigenvalue weighted by Gasteiger charge is 2.35. The first-order valence-corrected chi connectivity index (χ1v) is 9.19. The van der Waals surface area contributed by atoms with Gasteiger partial charge in [-0.05, 0) is 35.7 Å². The molecule has 4 rings (SSSR count). The number of nitrogens with one attached hydrogen (secondary N) is 2. The van der Waals surface area contributed by atoms with Crippen LogP contribution >= 0.6 is 0 Å². The molecule has 2 heterocycles. The van der Waals surface area contributed by atoms with Gasteiger partial charge in [0.15, 0.2) is 11.5 Å². The van der Waals surface area contributed by atoms with E-state index in [0.29, 0.717) is 12.0 Å². The van der Waals surface area contributed by atoms with Crippen molar-refractivity contribution in [2.45, 2.75) is 18.5 Å². The maximum absolute atomic E-state index is 12.9. The predicted octanol–water partition coefficient (Wildman–Crippen LogP) is 1.73. The molecule has 29 heavy (non-hydrogen) atoms. The zero-order chi connectivity index (χ0) is 20.7. The normalized spacial score (nSPS) is 18.4. The van der Waals surface area contributed by atoms with Gasteiger partial charge in [-0.1, -0.05) is 24.3 Å². The van der Waals surface area contributed by atoms with Crippen LogP contribution in [0.3, 0.4) is 0 Å². The minimum absolute atomic E-state index is 0.227. The van der Waals surface area contributed by atoms with Crippen LogP contribution in [0.5, 0.6) is 11.5 Å². The second-order valence-electron chi connectivity index (χ2n) is 7.26. The number of carboxylic acid groups (broad SMARTS) is 1. The predicted molar refractivity (Wildman–Crippen MR) is 106 cm³/mol. The van der Waals surface area contributed by atoms with Crippen molar-refractivity contribution in [3.8, 4) is 11.5 Å². The monoisotopic (exact) mass is 395 g/mol. The molecule has 0 bridgehead atoms. The van der Waals surface area contributed by atoms with Gasteiger partial charge < -0.3 is 25.2 Å². The minimum atomic E-state index is -1.08. The van der Waals surface area contributed by atoms with E-state index in [1.165, 1.54) is 24.1 Å². The molecule has 0 fully saturated rings. The van der Waals surface area contributed by atoms with E-state index >= 15 is 0 Å². The summed E-state index contributed by atoms with van der Waals surface area (Å²) >= 11 is 0. The Morgan fingerprint density at radius 3 is 2.62 bits per heavy atom. The fourth-order valence-electron chi connectivity index (χ4n) is 3.92. The number of aromatic amines is 1. The summed E-state index contributed by atoms with van der Waals surface area (Å²) in [7, 11) is 1.46.